The van der Waals surface area contributed by atoms with E-state index in [0.29, 0.717) is 24.1 Å². The molecule has 1 aliphatic rings. The molecule has 0 atom stereocenters. The maximum atomic E-state index is 5.67. The van der Waals surface area contributed by atoms with Crippen LogP contribution in [0, 0.1) is 0 Å². The molecule has 3 aromatic rings. The largest absolute Gasteiger partial charge is 0.484 e. The van der Waals surface area contributed by atoms with E-state index in [4.69, 9.17) is 9.26 Å². The second-order valence-electron chi connectivity index (χ2n) is 4.98. The van der Waals surface area contributed by atoms with Gasteiger partial charge in [0.1, 0.15) is 5.75 Å². The van der Waals surface area contributed by atoms with Crippen molar-refractivity contribution in [2.45, 2.75) is 25.4 Å². The van der Waals surface area contributed by atoms with E-state index in [9.17, 15) is 0 Å². The summed E-state index contributed by atoms with van der Waals surface area (Å²) in [7, 11) is 0. The Balaban J connectivity index is 1.48. The third-order valence-electron chi connectivity index (χ3n) is 3.34. The summed E-state index contributed by atoms with van der Waals surface area (Å²) in [5.41, 5.74) is 0.954. The standard InChI is InChI=1S/C15H13N3O2/c1-2-4-13-11(3-1)7-12(8-16-13)19-9-14-17-15(20-18-14)10-5-6-10/h1-4,7-8,10H,5-6,9H2. The summed E-state index contributed by atoms with van der Waals surface area (Å²) >= 11 is 0. The molecule has 5 heteroatoms. The van der Waals surface area contributed by atoms with Crippen molar-refractivity contribution in [2.75, 3.05) is 0 Å². The third-order valence-corrected chi connectivity index (χ3v) is 3.34. The summed E-state index contributed by atoms with van der Waals surface area (Å²) in [6.45, 7) is 0.302. The zero-order valence-electron chi connectivity index (χ0n) is 10.8. The summed E-state index contributed by atoms with van der Waals surface area (Å²) in [6, 6.07) is 9.89. The zero-order valence-corrected chi connectivity index (χ0v) is 10.8. The van der Waals surface area contributed by atoms with Crippen molar-refractivity contribution in [2.24, 2.45) is 0 Å². The highest BCUT2D eigenvalue weighted by molar-refractivity contribution is 5.79. The van der Waals surface area contributed by atoms with Crippen LogP contribution in [0.25, 0.3) is 10.9 Å². The predicted molar refractivity (Wildman–Crippen MR) is 72.3 cm³/mol. The number of rotatable bonds is 4. The van der Waals surface area contributed by atoms with Gasteiger partial charge in [0.2, 0.25) is 11.7 Å². The van der Waals surface area contributed by atoms with Gasteiger partial charge < -0.3 is 9.26 Å². The molecule has 0 saturated heterocycles. The van der Waals surface area contributed by atoms with E-state index in [1.165, 1.54) is 0 Å². The topological polar surface area (TPSA) is 61.0 Å². The quantitative estimate of drug-likeness (QED) is 0.727. The third kappa shape index (κ3) is 2.22. The van der Waals surface area contributed by atoms with Crippen molar-refractivity contribution in [1.29, 1.82) is 0 Å². The van der Waals surface area contributed by atoms with E-state index >= 15 is 0 Å². The molecule has 1 aliphatic carbocycles. The molecule has 20 heavy (non-hydrogen) atoms. The Kier molecular flexibility index (Phi) is 2.62. The molecule has 0 unspecified atom stereocenters. The summed E-state index contributed by atoms with van der Waals surface area (Å²) in [5, 5.41) is 4.98. The molecule has 5 nitrogen and oxygen atoms in total. The number of aromatic nitrogens is 3. The van der Waals surface area contributed by atoms with Gasteiger partial charge in [0.05, 0.1) is 11.7 Å². The highest BCUT2D eigenvalue weighted by Gasteiger charge is 2.29. The van der Waals surface area contributed by atoms with Gasteiger partial charge in [0, 0.05) is 11.3 Å². The minimum absolute atomic E-state index is 0.302. The Labute approximate surface area is 115 Å². The van der Waals surface area contributed by atoms with Crippen molar-refractivity contribution in [1.82, 2.24) is 15.1 Å². The average Bonchev–Trinajstić information content (AvgIpc) is 3.24. The van der Waals surface area contributed by atoms with Gasteiger partial charge >= 0.3 is 0 Å². The summed E-state index contributed by atoms with van der Waals surface area (Å²) in [4.78, 5) is 8.67. The minimum Gasteiger partial charge on any atom is -0.484 e. The predicted octanol–water partition coefficient (Wildman–Crippen LogP) is 3.07. The lowest BCUT2D eigenvalue weighted by Crippen LogP contribution is -1.98. The van der Waals surface area contributed by atoms with Gasteiger partial charge in [0.15, 0.2) is 6.61 Å². The molecule has 0 aliphatic heterocycles. The number of hydrogen-bond acceptors (Lipinski definition) is 5. The monoisotopic (exact) mass is 267 g/mol. The van der Waals surface area contributed by atoms with E-state index in [2.05, 4.69) is 15.1 Å². The smallest absolute Gasteiger partial charge is 0.229 e. The van der Waals surface area contributed by atoms with E-state index in [1.54, 1.807) is 6.20 Å². The summed E-state index contributed by atoms with van der Waals surface area (Å²) < 4.78 is 10.9. The van der Waals surface area contributed by atoms with E-state index < -0.39 is 0 Å². The van der Waals surface area contributed by atoms with E-state index in [-0.39, 0.29) is 0 Å². The van der Waals surface area contributed by atoms with Crippen LogP contribution in [0.4, 0.5) is 0 Å². The summed E-state index contributed by atoms with van der Waals surface area (Å²) in [6.07, 6.45) is 4.01. The van der Waals surface area contributed by atoms with E-state index in [0.717, 1.165) is 29.6 Å². The normalized spacial score (nSPS) is 14.6. The SMILES string of the molecule is c1ccc2ncc(OCc3noc(C4CC4)n3)cc2c1. The molecule has 0 bridgehead atoms. The molecule has 0 amide bonds. The number of ether oxygens (including phenoxy) is 1. The Morgan fingerprint density at radius 1 is 1.25 bits per heavy atom. The van der Waals surface area contributed by atoms with Crippen LogP contribution in [-0.4, -0.2) is 15.1 Å². The lowest BCUT2D eigenvalue weighted by Gasteiger charge is -2.04. The van der Waals surface area contributed by atoms with Crippen molar-refractivity contribution >= 4 is 10.9 Å². The van der Waals surface area contributed by atoms with Crippen LogP contribution >= 0.6 is 0 Å². The minimum atomic E-state index is 0.302. The van der Waals surface area contributed by atoms with Crippen LogP contribution < -0.4 is 4.74 Å². The molecule has 1 saturated carbocycles. The first-order chi connectivity index (χ1) is 9.88. The molecule has 100 valence electrons. The van der Waals surface area contributed by atoms with Crippen LogP contribution in [0.5, 0.6) is 5.75 Å². The lowest BCUT2D eigenvalue weighted by atomic mass is 10.2. The van der Waals surface area contributed by atoms with Crippen LogP contribution in [0.1, 0.15) is 30.5 Å². The molecular weight excluding hydrogens is 254 g/mol. The number of benzene rings is 1. The lowest BCUT2D eigenvalue weighted by molar-refractivity contribution is 0.284. The van der Waals surface area contributed by atoms with Gasteiger partial charge in [-0.3, -0.25) is 4.98 Å². The first-order valence-corrected chi connectivity index (χ1v) is 6.68. The molecular formula is C15H13N3O2. The Morgan fingerprint density at radius 3 is 3.05 bits per heavy atom. The molecule has 2 heterocycles. The highest BCUT2D eigenvalue weighted by Crippen LogP contribution is 2.38. The molecule has 2 aromatic heterocycles. The number of para-hydroxylation sites is 1. The maximum Gasteiger partial charge on any atom is 0.229 e. The van der Waals surface area contributed by atoms with Gasteiger partial charge in [-0.05, 0) is 25.0 Å². The molecule has 1 aromatic carbocycles. The van der Waals surface area contributed by atoms with Crippen LogP contribution in [0.15, 0.2) is 41.1 Å². The van der Waals surface area contributed by atoms with Crippen molar-refractivity contribution in [3.8, 4) is 5.75 Å². The Morgan fingerprint density at radius 2 is 2.15 bits per heavy atom. The molecule has 4 rings (SSSR count). The number of pyridine rings is 1. The van der Waals surface area contributed by atoms with Crippen molar-refractivity contribution in [3.63, 3.8) is 0 Å². The average molecular weight is 267 g/mol. The van der Waals surface area contributed by atoms with Gasteiger partial charge in [-0.25, -0.2) is 0 Å². The molecule has 0 radical (unpaired) electrons. The first kappa shape index (κ1) is 11.4. The van der Waals surface area contributed by atoms with Crippen molar-refractivity contribution in [3.05, 3.63) is 48.2 Å². The van der Waals surface area contributed by atoms with Gasteiger partial charge in [-0.15, -0.1) is 0 Å². The Bertz CT molecular complexity index is 749. The summed E-state index contributed by atoms with van der Waals surface area (Å²) in [5.74, 6) is 2.50. The highest BCUT2D eigenvalue weighted by atomic mass is 16.5. The second-order valence-corrected chi connectivity index (χ2v) is 4.98. The fourth-order valence-corrected chi connectivity index (χ4v) is 2.10. The van der Waals surface area contributed by atoms with Gasteiger partial charge in [0.25, 0.3) is 0 Å². The number of hydrogen-bond donors (Lipinski definition) is 0. The molecule has 0 N–H and O–H groups in total. The van der Waals surface area contributed by atoms with Crippen molar-refractivity contribution < 1.29 is 9.26 Å². The molecule has 1 fully saturated rings. The fourth-order valence-electron chi connectivity index (χ4n) is 2.10. The first-order valence-electron chi connectivity index (χ1n) is 6.68. The fraction of sp³-hybridized carbons (Fsp3) is 0.267. The van der Waals surface area contributed by atoms with E-state index in [1.807, 2.05) is 30.3 Å². The number of fused-ring (bicyclic) bond motifs is 1. The molecule has 0 spiro atoms. The Hall–Kier alpha value is -2.43. The van der Waals surface area contributed by atoms with Crippen LogP contribution in [-0.2, 0) is 6.61 Å². The number of nitrogens with zero attached hydrogens (tertiary/aromatic N) is 3. The van der Waals surface area contributed by atoms with Crippen LogP contribution in [0.2, 0.25) is 0 Å². The maximum absolute atomic E-state index is 5.67. The second kappa shape index (κ2) is 4.59. The van der Waals surface area contributed by atoms with Crippen LogP contribution in [0.3, 0.4) is 0 Å². The van der Waals surface area contributed by atoms with Gasteiger partial charge in [-0.1, -0.05) is 23.4 Å². The zero-order chi connectivity index (χ0) is 13.4. The van der Waals surface area contributed by atoms with Gasteiger partial charge in [-0.2, -0.15) is 4.98 Å².